The van der Waals surface area contributed by atoms with Crippen LogP contribution in [0, 0.1) is 0 Å². The van der Waals surface area contributed by atoms with Crippen LogP contribution in [0.4, 0.5) is 0 Å². The third kappa shape index (κ3) is 7.16. The monoisotopic (exact) mass is 561 g/mol. The number of rotatable bonds is 7. The van der Waals surface area contributed by atoms with E-state index in [1.807, 2.05) is 24.3 Å². The molecule has 0 bridgehead atoms. The van der Waals surface area contributed by atoms with Crippen LogP contribution in [0.3, 0.4) is 0 Å². The zero-order valence-electron chi connectivity index (χ0n) is 19.1. The molecule has 0 saturated carbocycles. The van der Waals surface area contributed by atoms with Gasteiger partial charge < -0.3 is 15.4 Å². The lowest BCUT2D eigenvalue weighted by molar-refractivity contribution is 0.198. The number of aromatic amines is 1. The van der Waals surface area contributed by atoms with Gasteiger partial charge >= 0.3 is 0 Å². The fourth-order valence-electron chi connectivity index (χ4n) is 3.88. The Morgan fingerprint density at radius 3 is 2.52 bits per heavy atom. The third-order valence-electron chi connectivity index (χ3n) is 5.70. The van der Waals surface area contributed by atoms with Crippen LogP contribution >= 0.6 is 24.0 Å². The summed E-state index contributed by atoms with van der Waals surface area (Å²) < 4.78 is 5.20. The maximum Gasteiger partial charge on any atom is 0.191 e. The second kappa shape index (κ2) is 12.5. The van der Waals surface area contributed by atoms with Crippen molar-refractivity contribution in [3.8, 4) is 17.1 Å². The summed E-state index contributed by atoms with van der Waals surface area (Å²) in [6, 6.07) is 18.8. The minimum atomic E-state index is 0. The highest BCUT2D eigenvalue weighted by Gasteiger charge is 2.20. The largest absolute Gasteiger partial charge is 0.497 e. The number of aromatic nitrogens is 3. The molecule has 1 aliphatic heterocycles. The maximum absolute atomic E-state index is 5.20. The first-order valence-electron chi connectivity index (χ1n) is 11.0. The quantitative estimate of drug-likeness (QED) is 0.233. The number of ether oxygens (including phenoxy) is 1. The minimum Gasteiger partial charge on any atom is -0.497 e. The molecule has 2 heterocycles. The Balaban J connectivity index is 0.00000306. The van der Waals surface area contributed by atoms with Gasteiger partial charge in [-0.1, -0.05) is 30.3 Å². The lowest BCUT2D eigenvalue weighted by atomic mass is 10.0. The molecule has 176 valence electrons. The van der Waals surface area contributed by atoms with Gasteiger partial charge in [-0.3, -0.25) is 15.0 Å². The SMILES string of the molecule is CN=C(NCc1nc(-c2ccc(OC)cc2)n[nH]1)NC1CCN(Cc2ccccc2)CC1.I. The number of halogens is 1. The Labute approximate surface area is 212 Å². The van der Waals surface area contributed by atoms with Crippen LogP contribution in [0.5, 0.6) is 5.75 Å². The number of H-pyrrole nitrogens is 1. The predicted molar refractivity (Wildman–Crippen MR) is 142 cm³/mol. The Kier molecular flexibility index (Phi) is 9.49. The van der Waals surface area contributed by atoms with Gasteiger partial charge in [0.05, 0.1) is 13.7 Å². The number of nitrogens with zero attached hydrogens (tertiary/aromatic N) is 4. The topological polar surface area (TPSA) is 90.5 Å². The molecule has 0 aliphatic carbocycles. The molecule has 0 atom stereocenters. The summed E-state index contributed by atoms with van der Waals surface area (Å²) in [4.78, 5) is 11.5. The van der Waals surface area contributed by atoms with E-state index in [1.54, 1.807) is 14.2 Å². The Bertz CT molecular complexity index is 999. The van der Waals surface area contributed by atoms with Gasteiger partial charge in [0.15, 0.2) is 11.8 Å². The number of hydrogen-bond donors (Lipinski definition) is 3. The zero-order chi connectivity index (χ0) is 22.2. The van der Waals surface area contributed by atoms with Crippen molar-refractivity contribution in [2.24, 2.45) is 4.99 Å². The Hall–Kier alpha value is -2.66. The molecule has 1 aliphatic rings. The van der Waals surface area contributed by atoms with E-state index in [4.69, 9.17) is 4.74 Å². The summed E-state index contributed by atoms with van der Waals surface area (Å²) in [5, 5.41) is 14.2. The zero-order valence-corrected chi connectivity index (χ0v) is 21.5. The van der Waals surface area contributed by atoms with Gasteiger partial charge in [-0.25, -0.2) is 4.98 Å². The van der Waals surface area contributed by atoms with Gasteiger partial charge in [0.25, 0.3) is 0 Å². The van der Waals surface area contributed by atoms with Crippen molar-refractivity contribution in [1.29, 1.82) is 0 Å². The summed E-state index contributed by atoms with van der Waals surface area (Å²) in [6.07, 6.45) is 2.19. The highest BCUT2D eigenvalue weighted by atomic mass is 127. The average molecular weight is 561 g/mol. The van der Waals surface area contributed by atoms with E-state index in [1.165, 1.54) is 5.56 Å². The molecule has 0 unspecified atom stereocenters. The number of methoxy groups -OCH3 is 1. The highest BCUT2D eigenvalue weighted by Crippen LogP contribution is 2.19. The highest BCUT2D eigenvalue weighted by molar-refractivity contribution is 14.0. The number of likely N-dealkylation sites (tertiary alicyclic amines) is 1. The van der Waals surface area contributed by atoms with E-state index < -0.39 is 0 Å². The van der Waals surface area contributed by atoms with Crippen molar-refractivity contribution >= 4 is 29.9 Å². The van der Waals surface area contributed by atoms with Gasteiger partial charge in [0, 0.05) is 38.3 Å². The molecule has 1 aromatic heterocycles. The van der Waals surface area contributed by atoms with Crippen LogP contribution in [-0.4, -0.2) is 59.3 Å². The molecule has 0 spiro atoms. The summed E-state index contributed by atoms with van der Waals surface area (Å²) in [5.74, 6) is 3.02. The van der Waals surface area contributed by atoms with Crippen molar-refractivity contribution in [2.75, 3.05) is 27.2 Å². The molecule has 4 rings (SSSR count). The molecule has 8 nitrogen and oxygen atoms in total. The Morgan fingerprint density at radius 2 is 1.85 bits per heavy atom. The first kappa shape index (κ1) is 25.0. The maximum atomic E-state index is 5.20. The molecular weight excluding hydrogens is 529 g/mol. The smallest absolute Gasteiger partial charge is 0.191 e. The van der Waals surface area contributed by atoms with Gasteiger partial charge in [-0.2, -0.15) is 5.10 Å². The van der Waals surface area contributed by atoms with E-state index in [9.17, 15) is 0 Å². The van der Waals surface area contributed by atoms with Crippen LogP contribution in [0.15, 0.2) is 59.6 Å². The molecule has 1 fully saturated rings. The summed E-state index contributed by atoms with van der Waals surface area (Å²) in [5.41, 5.74) is 2.32. The molecular formula is C24H32IN7O. The number of hydrogen-bond acceptors (Lipinski definition) is 5. The molecule has 3 aromatic rings. The lowest BCUT2D eigenvalue weighted by Gasteiger charge is -2.33. The molecule has 2 aromatic carbocycles. The average Bonchev–Trinajstić information content (AvgIpc) is 3.32. The van der Waals surface area contributed by atoms with Gasteiger partial charge in [0.2, 0.25) is 0 Å². The van der Waals surface area contributed by atoms with Crippen molar-refractivity contribution in [3.63, 3.8) is 0 Å². The van der Waals surface area contributed by atoms with Crippen molar-refractivity contribution in [2.45, 2.75) is 32.0 Å². The van der Waals surface area contributed by atoms with E-state index in [2.05, 4.69) is 66.0 Å². The van der Waals surface area contributed by atoms with Gasteiger partial charge in [-0.05, 0) is 42.7 Å². The van der Waals surface area contributed by atoms with E-state index >= 15 is 0 Å². The number of guanidine groups is 1. The second-order valence-corrected chi connectivity index (χ2v) is 7.94. The first-order chi connectivity index (χ1) is 15.7. The van der Waals surface area contributed by atoms with Gasteiger partial charge in [0.1, 0.15) is 11.6 Å². The third-order valence-corrected chi connectivity index (χ3v) is 5.70. The molecule has 0 radical (unpaired) electrons. The fourth-order valence-corrected chi connectivity index (χ4v) is 3.88. The summed E-state index contributed by atoms with van der Waals surface area (Å²) in [7, 11) is 3.45. The fraction of sp³-hybridized carbons (Fsp3) is 0.375. The van der Waals surface area contributed by atoms with Crippen molar-refractivity contribution in [3.05, 3.63) is 66.0 Å². The van der Waals surface area contributed by atoms with E-state index in [0.29, 0.717) is 18.4 Å². The summed E-state index contributed by atoms with van der Waals surface area (Å²) >= 11 is 0. The minimum absolute atomic E-state index is 0. The number of piperidine rings is 1. The lowest BCUT2D eigenvalue weighted by Crippen LogP contribution is -2.48. The number of nitrogens with one attached hydrogen (secondary N) is 3. The number of aliphatic imine (C=N–C) groups is 1. The Morgan fingerprint density at radius 1 is 1.12 bits per heavy atom. The first-order valence-corrected chi connectivity index (χ1v) is 11.0. The van der Waals surface area contributed by atoms with Crippen molar-refractivity contribution in [1.82, 2.24) is 30.7 Å². The molecule has 0 amide bonds. The molecule has 1 saturated heterocycles. The summed E-state index contributed by atoms with van der Waals surface area (Å²) in [6.45, 7) is 3.70. The van der Waals surface area contributed by atoms with Gasteiger partial charge in [-0.15, -0.1) is 24.0 Å². The standard InChI is InChI=1S/C24H31N7O.HI/c1-25-24(27-20-12-14-31(15-13-20)17-18-6-4-3-5-7-18)26-16-22-28-23(30-29-22)19-8-10-21(32-2)11-9-19;/h3-11,20H,12-17H2,1-2H3,(H2,25,26,27)(H,28,29,30);1H. The van der Waals surface area contributed by atoms with Crippen molar-refractivity contribution < 1.29 is 4.74 Å². The van der Waals surface area contributed by atoms with E-state index in [-0.39, 0.29) is 24.0 Å². The van der Waals surface area contributed by atoms with Crippen LogP contribution in [0.1, 0.15) is 24.2 Å². The van der Waals surface area contributed by atoms with Crippen LogP contribution in [-0.2, 0) is 13.1 Å². The number of benzene rings is 2. The predicted octanol–water partition coefficient (Wildman–Crippen LogP) is 3.43. The van der Waals surface area contributed by atoms with Crippen LogP contribution in [0.2, 0.25) is 0 Å². The molecule has 33 heavy (non-hydrogen) atoms. The normalized spacial score (nSPS) is 15.0. The second-order valence-electron chi connectivity index (χ2n) is 7.94. The molecule has 9 heteroatoms. The van der Waals surface area contributed by atoms with E-state index in [0.717, 1.165) is 55.6 Å². The van der Waals surface area contributed by atoms with Crippen LogP contribution in [0.25, 0.3) is 11.4 Å². The molecule has 3 N–H and O–H groups in total. The van der Waals surface area contributed by atoms with Crippen LogP contribution < -0.4 is 15.4 Å².